The molecule has 23 heavy (non-hydrogen) atoms. The van der Waals surface area contributed by atoms with Crippen LogP contribution in [0, 0.1) is 6.92 Å². The maximum atomic E-state index is 11.9. The summed E-state index contributed by atoms with van der Waals surface area (Å²) in [7, 11) is 0. The third-order valence-corrected chi connectivity index (χ3v) is 4.33. The molecule has 0 spiro atoms. The van der Waals surface area contributed by atoms with Crippen LogP contribution >= 0.6 is 11.3 Å². The Hall–Kier alpha value is -1.92. The van der Waals surface area contributed by atoms with Crippen molar-refractivity contribution in [2.75, 3.05) is 0 Å². The summed E-state index contributed by atoms with van der Waals surface area (Å²) >= 11 is 1.59. The van der Waals surface area contributed by atoms with Crippen molar-refractivity contribution in [1.29, 1.82) is 0 Å². The molecule has 1 aromatic carbocycles. The maximum absolute atomic E-state index is 11.9. The molecule has 1 aromatic heterocycles. The molecule has 124 valence electrons. The normalized spacial score (nSPS) is 12.8. The second kappa shape index (κ2) is 6.68. The number of ether oxygens (including phenoxy) is 1. The molecule has 1 N–H and O–H groups in total. The van der Waals surface area contributed by atoms with Gasteiger partial charge in [-0.05, 0) is 45.7 Å². The molecule has 1 amide bonds. The molecular formula is C17H22N2O3S. The Bertz CT molecular complexity index is 674. The van der Waals surface area contributed by atoms with Gasteiger partial charge < -0.3 is 4.74 Å². The number of carbonyl (C=O) groups excluding carboxylic acids is 1. The van der Waals surface area contributed by atoms with Crippen LogP contribution in [0.1, 0.15) is 45.0 Å². The fourth-order valence-electron chi connectivity index (χ4n) is 2.10. The summed E-state index contributed by atoms with van der Waals surface area (Å²) in [6, 6.07) is 7.23. The van der Waals surface area contributed by atoms with Crippen molar-refractivity contribution in [3.8, 4) is 10.4 Å². The summed E-state index contributed by atoms with van der Waals surface area (Å²) in [5.41, 5.74) is 4.06. The van der Waals surface area contributed by atoms with E-state index >= 15 is 0 Å². The predicted molar refractivity (Wildman–Crippen MR) is 90.6 cm³/mol. The summed E-state index contributed by atoms with van der Waals surface area (Å²) in [5.74, 6) is 0. The van der Waals surface area contributed by atoms with Gasteiger partial charge in [0.05, 0.1) is 22.1 Å². The molecule has 0 saturated heterocycles. The van der Waals surface area contributed by atoms with E-state index in [1.807, 2.05) is 36.7 Å². The van der Waals surface area contributed by atoms with E-state index in [9.17, 15) is 10.0 Å². The number of aryl methyl sites for hydroxylation is 1. The summed E-state index contributed by atoms with van der Waals surface area (Å²) in [5, 5.41) is 10.7. The number of thiazole rings is 1. The van der Waals surface area contributed by atoms with Crippen LogP contribution in [0.2, 0.25) is 0 Å². The first kappa shape index (κ1) is 17.4. The first-order chi connectivity index (χ1) is 10.7. The summed E-state index contributed by atoms with van der Waals surface area (Å²) < 4.78 is 5.17. The lowest BCUT2D eigenvalue weighted by Gasteiger charge is -2.27. The number of hydrogen-bond donors (Lipinski definition) is 1. The Morgan fingerprint density at radius 2 is 1.91 bits per heavy atom. The Morgan fingerprint density at radius 3 is 2.39 bits per heavy atom. The van der Waals surface area contributed by atoms with E-state index < -0.39 is 17.7 Å². The number of hydrogen-bond acceptors (Lipinski definition) is 5. The molecule has 0 fully saturated rings. The largest absolute Gasteiger partial charge is 0.442 e. The zero-order valence-electron chi connectivity index (χ0n) is 14.0. The average Bonchev–Trinajstić information content (AvgIpc) is 2.90. The van der Waals surface area contributed by atoms with E-state index in [1.54, 1.807) is 39.0 Å². The number of amides is 1. The quantitative estimate of drug-likeness (QED) is 0.646. The van der Waals surface area contributed by atoms with Crippen LogP contribution in [0.5, 0.6) is 0 Å². The highest BCUT2D eigenvalue weighted by Crippen LogP contribution is 2.29. The third kappa shape index (κ3) is 4.30. The van der Waals surface area contributed by atoms with E-state index in [0.717, 1.165) is 21.7 Å². The highest BCUT2D eigenvalue weighted by molar-refractivity contribution is 7.13. The van der Waals surface area contributed by atoms with Crippen LogP contribution in [0.25, 0.3) is 10.4 Å². The number of aromatic nitrogens is 1. The first-order valence-electron chi connectivity index (χ1n) is 7.40. The Morgan fingerprint density at radius 1 is 1.30 bits per heavy atom. The molecule has 0 aliphatic heterocycles. The molecular weight excluding hydrogens is 312 g/mol. The summed E-state index contributed by atoms with van der Waals surface area (Å²) in [6.07, 6.45) is -0.757. The topological polar surface area (TPSA) is 62.7 Å². The smallest absolute Gasteiger partial charge is 0.434 e. The average molecular weight is 334 g/mol. The van der Waals surface area contributed by atoms with Crippen LogP contribution in [-0.4, -0.2) is 26.9 Å². The highest BCUT2D eigenvalue weighted by atomic mass is 32.1. The lowest BCUT2D eigenvalue weighted by atomic mass is 10.0. The van der Waals surface area contributed by atoms with Gasteiger partial charge in [-0.15, -0.1) is 11.3 Å². The lowest BCUT2D eigenvalue weighted by molar-refractivity contribution is -0.117. The van der Waals surface area contributed by atoms with E-state index in [4.69, 9.17) is 4.74 Å². The molecule has 1 heterocycles. The van der Waals surface area contributed by atoms with Crippen molar-refractivity contribution in [1.82, 2.24) is 10.0 Å². The van der Waals surface area contributed by atoms with Crippen molar-refractivity contribution < 1.29 is 14.7 Å². The van der Waals surface area contributed by atoms with Crippen molar-refractivity contribution in [3.05, 3.63) is 41.0 Å². The fourth-order valence-corrected chi connectivity index (χ4v) is 2.91. The van der Waals surface area contributed by atoms with Gasteiger partial charge in [-0.3, -0.25) is 5.21 Å². The van der Waals surface area contributed by atoms with E-state index in [1.165, 1.54) is 0 Å². The first-order valence-corrected chi connectivity index (χ1v) is 8.28. The number of carbonyl (C=O) groups is 1. The van der Waals surface area contributed by atoms with Gasteiger partial charge in [-0.2, -0.15) is 5.06 Å². The molecule has 0 aliphatic rings. The molecule has 2 aromatic rings. The zero-order valence-corrected chi connectivity index (χ0v) is 14.8. The van der Waals surface area contributed by atoms with Gasteiger partial charge >= 0.3 is 6.09 Å². The minimum Gasteiger partial charge on any atom is -0.442 e. The molecule has 1 atom stereocenters. The van der Waals surface area contributed by atoms with Crippen LogP contribution < -0.4 is 0 Å². The number of rotatable bonds is 3. The van der Waals surface area contributed by atoms with Crippen LogP contribution in [-0.2, 0) is 4.74 Å². The van der Waals surface area contributed by atoms with Gasteiger partial charge in [-0.25, -0.2) is 9.78 Å². The Kier molecular flexibility index (Phi) is 5.06. The summed E-state index contributed by atoms with van der Waals surface area (Å²) in [4.78, 5) is 17.3. The zero-order chi connectivity index (χ0) is 17.2. The standard InChI is InChI=1S/C17H22N2O3S/c1-11-15(23-10-18-11)14-8-6-13(7-9-14)12(2)19(21)16(20)22-17(3,4)5/h6-10,12,21H,1-5H3. The predicted octanol–water partition coefficient (Wildman–Crippen LogP) is 4.81. The van der Waals surface area contributed by atoms with Gasteiger partial charge in [0.1, 0.15) is 5.60 Å². The molecule has 0 bridgehead atoms. The van der Waals surface area contributed by atoms with E-state index in [2.05, 4.69) is 4.98 Å². The monoisotopic (exact) mass is 334 g/mol. The number of hydroxylamine groups is 2. The molecule has 2 rings (SSSR count). The fraction of sp³-hybridized carbons (Fsp3) is 0.412. The van der Waals surface area contributed by atoms with Crippen molar-refractivity contribution >= 4 is 17.4 Å². The second-order valence-electron chi connectivity index (χ2n) is 6.39. The Balaban J connectivity index is 2.12. The van der Waals surface area contributed by atoms with Gasteiger partial charge in [0.2, 0.25) is 0 Å². The Labute approximate surface area is 140 Å². The van der Waals surface area contributed by atoms with Gasteiger partial charge in [0.25, 0.3) is 0 Å². The molecule has 5 nitrogen and oxygen atoms in total. The third-order valence-electron chi connectivity index (χ3n) is 3.35. The van der Waals surface area contributed by atoms with Crippen molar-refractivity contribution in [2.24, 2.45) is 0 Å². The van der Waals surface area contributed by atoms with Crippen molar-refractivity contribution in [2.45, 2.75) is 46.3 Å². The maximum Gasteiger partial charge on any atom is 0.434 e. The van der Waals surface area contributed by atoms with E-state index in [0.29, 0.717) is 5.06 Å². The van der Waals surface area contributed by atoms with Crippen LogP contribution in [0.15, 0.2) is 29.8 Å². The number of nitrogens with zero attached hydrogens (tertiary/aromatic N) is 2. The molecule has 6 heteroatoms. The minimum atomic E-state index is -0.757. The van der Waals surface area contributed by atoms with Gasteiger partial charge in [0, 0.05) is 0 Å². The van der Waals surface area contributed by atoms with Crippen LogP contribution in [0.4, 0.5) is 4.79 Å². The van der Waals surface area contributed by atoms with Gasteiger partial charge in [-0.1, -0.05) is 24.3 Å². The summed E-state index contributed by atoms with van der Waals surface area (Å²) in [6.45, 7) is 9.00. The molecule has 0 radical (unpaired) electrons. The molecule has 0 aliphatic carbocycles. The number of benzene rings is 1. The lowest BCUT2D eigenvalue weighted by Crippen LogP contribution is -2.36. The molecule has 0 saturated carbocycles. The van der Waals surface area contributed by atoms with E-state index in [-0.39, 0.29) is 0 Å². The second-order valence-corrected chi connectivity index (χ2v) is 7.24. The van der Waals surface area contributed by atoms with Crippen LogP contribution in [0.3, 0.4) is 0 Å². The van der Waals surface area contributed by atoms with Gasteiger partial charge in [0.15, 0.2) is 0 Å². The minimum absolute atomic E-state index is 0.499. The SMILES string of the molecule is Cc1ncsc1-c1ccc(C(C)N(O)C(=O)OC(C)(C)C)cc1. The van der Waals surface area contributed by atoms with Crippen molar-refractivity contribution in [3.63, 3.8) is 0 Å². The highest BCUT2D eigenvalue weighted by Gasteiger charge is 2.25. The molecule has 1 unspecified atom stereocenters.